The number of esters is 1. The van der Waals surface area contributed by atoms with E-state index in [1.165, 1.54) is 18.2 Å². The monoisotopic (exact) mass is 433 g/mol. The minimum Gasteiger partial charge on any atom is -0.466 e. The molecule has 0 spiro atoms. The molecule has 1 amide bonds. The van der Waals surface area contributed by atoms with Crippen LogP contribution in [0.25, 0.3) is 10.8 Å². The molecule has 1 aromatic heterocycles. The van der Waals surface area contributed by atoms with Gasteiger partial charge in [0.25, 0.3) is 5.56 Å². The molecule has 0 aliphatic heterocycles. The molecular formula is C21H18F3N3O4. The predicted octanol–water partition coefficient (Wildman–Crippen LogP) is 3.16. The van der Waals surface area contributed by atoms with Crippen LogP contribution in [0.15, 0.2) is 53.3 Å². The van der Waals surface area contributed by atoms with E-state index in [-0.39, 0.29) is 24.1 Å². The van der Waals surface area contributed by atoms with Crippen molar-refractivity contribution >= 4 is 28.3 Å². The maximum Gasteiger partial charge on any atom is 0.418 e. The summed E-state index contributed by atoms with van der Waals surface area (Å²) < 4.78 is 45.2. The summed E-state index contributed by atoms with van der Waals surface area (Å²) in [4.78, 5) is 37.1. The number of nitrogens with zero attached hydrogens (tertiary/aromatic N) is 2. The van der Waals surface area contributed by atoms with Crippen molar-refractivity contribution in [2.45, 2.75) is 26.1 Å². The Kier molecular flexibility index (Phi) is 6.38. The fraction of sp³-hybridized carbons (Fsp3) is 0.238. The number of fused-ring (bicyclic) bond motifs is 1. The van der Waals surface area contributed by atoms with Gasteiger partial charge in [-0.3, -0.25) is 14.4 Å². The Balaban J connectivity index is 1.93. The van der Waals surface area contributed by atoms with Crippen molar-refractivity contribution in [3.63, 3.8) is 0 Å². The number of benzene rings is 2. The van der Waals surface area contributed by atoms with Crippen LogP contribution in [0.4, 0.5) is 18.9 Å². The molecule has 2 aromatic carbocycles. The van der Waals surface area contributed by atoms with Gasteiger partial charge in [0.05, 0.1) is 35.4 Å². The third-order valence-corrected chi connectivity index (χ3v) is 4.36. The average Bonchev–Trinajstić information content (AvgIpc) is 2.71. The molecule has 0 aliphatic rings. The molecule has 0 unspecified atom stereocenters. The zero-order valence-corrected chi connectivity index (χ0v) is 16.4. The van der Waals surface area contributed by atoms with Crippen molar-refractivity contribution in [1.82, 2.24) is 9.78 Å². The van der Waals surface area contributed by atoms with Gasteiger partial charge < -0.3 is 10.1 Å². The molecule has 3 aromatic rings. The van der Waals surface area contributed by atoms with Crippen LogP contribution in [0.5, 0.6) is 0 Å². The Labute approximate surface area is 174 Å². The predicted molar refractivity (Wildman–Crippen MR) is 106 cm³/mol. The number of carbonyl (C=O) groups excluding carboxylic acids is 2. The molecule has 162 valence electrons. The maximum atomic E-state index is 13.1. The van der Waals surface area contributed by atoms with Gasteiger partial charge in [-0.1, -0.05) is 30.3 Å². The largest absolute Gasteiger partial charge is 0.466 e. The van der Waals surface area contributed by atoms with E-state index in [0.717, 1.165) is 16.8 Å². The van der Waals surface area contributed by atoms with Gasteiger partial charge in [0.2, 0.25) is 5.91 Å². The SMILES string of the molecule is CCOC(=O)Cc1nn(CC(=O)Nc2ccccc2C(F)(F)F)c(=O)c2ccccc12. The van der Waals surface area contributed by atoms with E-state index in [0.29, 0.717) is 5.39 Å². The number of halogens is 3. The molecule has 0 saturated carbocycles. The van der Waals surface area contributed by atoms with Crippen molar-refractivity contribution in [3.8, 4) is 0 Å². The van der Waals surface area contributed by atoms with Crippen LogP contribution < -0.4 is 10.9 Å². The van der Waals surface area contributed by atoms with Crippen LogP contribution in [0, 0.1) is 0 Å². The molecule has 0 radical (unpaired) electrons. The number of alkyl halides is 3. The lowest BCUT2D eigenvalue weighted by Crippen LogP contribution is -2.31. The topological polar surface area (TPSA) is 90.3 Å². The fourth-order valence-corrected chi connectivity index (χ4v) is 3.06. The molecule has 10 heteroatoms. The van der Waals surface area contributed by atoms with Crippen LogP contribution in [-0.4, -0.2) is 28.3 Å². The third kappa shape index (κ3) is 5.08. The molecule has 31 heavy (non-hydrogen) atoms. The summed E-state index contributed by atoms with van der Waals surface area (Å²) in [5.74, 6) is -1.43. The smallest absolute Gasteiger partial charge is 0.418 e. The molecule has 0 atom stereocenters. The van der Waals surface area contributed by atoms with E-state index in [2.05, 4.69) is 10.4 Å². The van der Waals surface area contributed by atoms with Gasteiger partial charge in [0.1, 0.15) is 6.54 Å². The summed E-state index contributed by atoms with van der Waals surface area (Å²) in [5.41, 5.74) is -1.83. The van der Waals surface area contributed by atoms with E-state index >= 15 is 0 Å². The number of carbonyl (C=O) groups is 2. The first-order valence-corrected chi connectivity index (χ1v) is 9.31. The van der Waals surface area contributed by atoms with Gasteiger partial charge >= 0.3 is 12.1 Å². The van der Waals surface area contributed by atoms with Crippen molar-refractivity contribution in [2.75, 3.05) is 11.9 Å². The minimum atomic E-state index is -4.66. The molecule has 1 heterocycles. The van der Waals surface area contributed by atoms with Crippen molar-refractivity contribution in [2.24, 2.45) is 0 Å². The van der Waals surface area contributed by atoms with Gasteiger partial charge in [0.15, 0.2) is 0 Å². The van der Waals surface area contributed by atoms with Crippen molar-refractivity contribution in [1.29, 1.82) is 0 Å². The first-order valence-electron chi connectivity index (χ1n) is 9.31. The number of rotatable bonds is 6. The molecule has 1 N–H and O–H groups in total. The fourth-order valence-electron chi connectivity index (χ4n) is 3.06. The maximum absolute atomic E-state index is 13.1. The van der Waals surface area contributed by atoms with Crippen molar-refractivity contribution < 1.29 is 27.5 Å². The number of hydrogen-bond donors (Lipinski definition) is 1. The van der Waals surface area contributed by atoms with Crippen LogP contribution in [-0.2, 0) is 33.5 Å². The Bertz CT molecular complexity index is 1190. The quantitative estimate of drug-likeness (QED) is 0.603. The lowest BCUT2D eigenvalue weighted by Gasteiger charge is -2.14. The highest BCUT2D eigenvalue weighted by Gasteiger charge is 2.33. The van der Waals surface area contributed by atoms with E-state index in [1.54, 1.807) is 25.1 Å². The summed E-state index contributed by atoms with van der Waals surface area (Å²) in [6.07, 6.45) is -4.89. The second-order valence-corrected chi connectivity index (χ2v) is 6.53. The number of ether oxygens (including phenoxy) is 1. The van der Waals surface area contributed by atoms with E-state index in [1.807, 2.05) is 0 Å². The lowest BCUT2D eigenvalue weighted by molar-refractivity contribution is -0.142. The number of nitrogens with one attached hydrogen (secondary N) is 1. The van der Waals surface area contributed by atoms with Crippen LogP contribution in [0.2, 0.25) is 0 Å². The molecule has 0 saturated heterocycles. The van der Waals surface area contributed by atoms with Crippen LogP contribution >= 0.6 is 0 Å². The van der Waals surface area contributed by atoms with E-state index in [9.17, 15) is 27.6 Å². The molecule has 0 bridgehead atoms. The highest BCUT2D eigenvalue weighted by molar-refractivity contribution is 5.92. The summed E-state index contributed by atoms with van der Waals surface area (Å²) in [6.45, 7) is 1.18. The molecule has 0 fully saturated rings. The summed E-state index contributed by atoms with van der Waals surface area (Å²) in [5, 5.41) is 6.92. The lowest BCUT2D eigenvalue weighted by atomic mass is 10.1. The highest BCUT2D eigenvalue weighted by atomic mass is 19.4. The summed E-state index contributed by atoms with van der Waals surface area (Å²) >= 11 is 0. The van der Waals surface area contributed by atoms with Crippen molar-refractivity contribution in [3.05, 3.63) is 70.1 Å². The molecule has 7 nitrogen and oxygen atoms in total. The highest BCUT2D eigenvalue weighted by Crippen LogP contribution is 2.34. The van der Waals surface area contributed by atoms with E-state index < -0.39 is 41.4 Å². The Morgan fingerprint density at radius 3 is 2.39 bits per heavy atom. The third-order valence-electron chi connectivity index (χ3n) is 4.36. The van der Waals surface area contributed by atoms with E-state index in [4.69, 9.17) is 4.74 Å². The number of para-hydroxylation sites is 1. The molecular weight excluding hydrogens is 415 g/mol. The number of aromatic nitrogens is 2. The zero-order valence-electron chi connectivity index (χ0n) is 16.4. The first kappa shape index (κ1) is 22.0. The average molecular weight is 433 g/mol. The second kappa shape index (κ2) is 8.99. The Morgan fingerprint density at radius 2 is 1.71 bits per heavy atom. The standard InChI is InChI=1S/C21H18F3N3O4/c1-2-31-19(29)11-17-13-7-3-4-8-14(13)20(30)27(26-17)12-18(28)25-16-10-6-5-9-15(16)21(22,23)24/h3-10H,2,11-12H2,1H3,(H,25,28). The normalized spacial score (nSPS) is 11.4. The van der Waals surface area contributed by atoms with Crippen LogP contribution in [0.1, 0.15) is 18.2 Å². The Morgan fingerprint density at radius 1 is 1.06 bits per heavy atom. The number of amides is 1. The van der Waals surface area contributed by atoms with Crippen LogP contribution in [0.3, 0.4) is 0 Å². The zero-order chi connectivity index (χ0) is 22.6. The number of anilines is 1. The van der Waals surface area contributed by atoms with Gasteiger partial charge in [-0.15, -0.1) is 0 Å². The Hall–Kier alpha value is -3.69. The van der Waals surface area contributed by atoms with Gasteiger partial charge in [-0.05, 0) is 25.1 Å². The summed E-state index contributed by atoms with van der Waals surface area (Å²) in [7, 11) is 0. The summed E-state index contributed by atoms with van der Waals surface area (Å²) in [6, 6.07) is 10.9. The second-order valence-electron chi connectivity index (χ2n) is 6.53. The molecule has 3 rings (SSSR count). The van der Waals surface area contributed by atoms with Gasteiger partial charge in [-0.25, -0.2) is 4.68 Å². The minimum absolute atomic E-state index is 0.164. The molecule has 0 aliphatic carbocycles. The van der Waals surface area contributed by atoms with Gasteiger partial charge in [0, 0.05) is 5.39 Å². The number of hydrogen-bond acceptors (Lipinski definition) is 5. The van der Waals surface area contributed by atoms with Gasteiger partial charge in [-0.2, -0.15) is 18.3 Å². The first-order chi connectivity index (χ1) is 14.7.